The minimum absolute atomic E-state index is 0.0653. The van der Waals surface area contributed by atoms with Gasteiger partial charge in [-0.3, -0.25) is 14.5 Å². The summed E-state index contributed by atoms with van der Waals surface area (Å²) in [6, 6.07) is 3.07. The van der Waals surface area contributed by atoms with Gasteiger partial charge in [-0.15, -0.1) is 6.42 Å². The van der Waals surface area contributed by atoms with Crippen molar-refractivity contribution in [1.29, 1.82) is 0 Å². The third-order valence-corrected chi connectivity index (χ3v) is 3.83. The highest BCUT2D eigenvalue weighted by atomic mass is 32.2. The molecule has 0 saturated carbocycles. The number of benzene rings is 1. The number of methoxy groups -OCH3 is 2. The molecule has 0 unspecified atom stereocenters. The fraction of sp³-hybridized carbons (Fsp3) is 0.200. The predicted molar refractivity (Wildman–Crippen MR) is 82.7 cm³/mol. The van der Waals surface area contributed by atoms with E-state index >= 15 is 0 Å². The second-order valence-electron chi connectivity index (χ2n) is 4.25. The molecule has 1 N–H and O–H groups in total. The zero-order valence-electron chi connectivity index (χ0n) is 12.0. The number of aromatic hydroxyl groups is 1. The standard InChI is InChI=1S/C15H13NO5S/c1-4-5-16-14(18)12(22-15(16)19)8-9-6-10(20-2)13(17)11(7-9)21-3/h1,6-8,17H,5H2,2-3H3/b12-8+. The number of terminal acetylenes is 1. The van der Waals surface area contributed by atoms with Crippen LogP contribution in [0.5, 0.6) is 17.2 Å². The number of carbonyl (C=O) groups is 2. The van der Waals surface area contributed by atoms with Crippen LogP contribution in [0.25, 0.3) is 6.08 Å². The van der Waals surface area contributed by atoms with Gasteiger partial charge in [0.2, 0.25) is 5.75 Å². The fourth-order valence-electron chi connectivity index (χ4n) is 1.88. The van der Waals surface area contributed by atoms with Crippen molar-refractivity contribution >= 4 is 29.0 Å². The maximum Gasteiger partial charge on any atom is 0.294 e. The lowest BCUT2D eigenvalue weighted by Crippen LogP contribution is -2.28. The first-order chi connectivity index (χ1) is 10.5. The summed E-state index contributed by atoms with van der Waals surface area (Å²) in [6.45, 7) is -0.0653. The molecule has 1 aromatic rings. The van der Waals surface area contributed by atoms with E-state index in [0.717, 1.165) is 16.7 Å². The molecule has 0 aromatic heterocycles. The first kappa shape index (κ1) is 15.8. The molecular weight excluding hydrogens is 306 g/mol. The lowest BCUT2D eigenvalue weighted by atomic mass is 10.1. The van der Waals surface area contributed by atoms with Crippen molar-refractivity contribution in [3.05, 3.63) is 22.6 Å². The van der Waals surface area contributed by atoms with Crippen molar-refractivity contribution in [2.75, 3.05) is 20.8 Å². The Hall–Kier alpha value is -2.59. The molecule has 2 rings (SSSR count). The Balaban J connectivity index is 2.40. The van der Waals surface area contributed by atoms with Gasteiger partial charge in [0.1, 0.15) is 0 Å². The zero-order chi connectivity index (χ0) is 16.3. The molecule has 6 nitrogen and oxygen atoms in total. The second kappa shape index (κ2) is 6.45. The minimum Gasteiger partial charge on any atom is -0.502 e. The number of nitrogens with zero attached hydrogens (tertiary/aromatic N) is 1. The van der Waals surface area contributed by atoms with Gasteiger partial charge in [0.05, 0.1) is 25.7 Å². The van der Waals surface area contributed by atoms with Crippen LogP contribution in [0.2, 0.25) is 0 Å². The first-order valence-corrected chi connectivity index (χ1v) is 6.97. The molecule has 0 aliphatic carbocycles. The van der Waals surface area contributed by atoms with Crippen LogP contribution in [0, 0.1) is 12.3 Å². The Morgan fingerprint density at radius 2 is 1.91 bits per heavy atom. The van der Waals surface area contributed by atoms with Crippen LogP contribution in [0.3, 0.4) is 0 Å². The van der Waals surface area contributed by atoms with Crippen LogP contribution >= 0.6 is 11.8 Å². The Labute approximate surface area is 131 Å². The Kier molecular flexibility index (Phi) is 4.63. The molecule has 1 aromatic carbocycles. The van der Waals surface area contributed by atoms with Crippen molar-refractivity contribution in [3.8, 4) is 29.6 Å². The third kappa shape index (κ3) is 2.87. The summed E-state index contributed by atoms with van der Waals surface area (Å²) in [5.41, 5.74) is 0.553. The van der Waals surface area contributed by atoms with Crippen LogP contribution < -0.4 is 9.47 Å². The van der Waals surface area contributed by atoms with Crippen LogP contribution in [-0.4, -0.2) is 41.9 Å². The number of carbonyl (C=O) groups excluding carboxylic acids is 2. The van der Waals surface area contributed by atoms with Gasteiger partial charge in [-0.05, 0) is 35.5 Å². The number of ether oxygens (including phenoxy) is 2. The molecule has 1 heterocycles. The number of amides is 2. The van der Waals surface area contributed by atoms with Crippen LogP contribution in [0.1, 0.15) is 5.56 Å². The van der Waals surface area contributed by atoms with Gasteiger partial charge in [0, 0.05) is 0 Å². The van der Waals surface area contributed by atoms with Crippen molar-refractivity contribution in [2.45, 2.75) is 0 Å². The third-order valence-electron chi connectivity index (χ3n) is 2.92. The lowest BCUT2D eigenvalue weighted by Gasteiger charge is -2.10. The average molecular weight is 319 g/mol. The van der Waals surface area contributed by atoms with Crippen molar-refractivity contribution in [2.24, 2.45) is 0 Å². The number of phenolic OH excluding ortho intramolecular Hbond substituents is 1. The molecule has 114 valence electrons. The monoisotopic (exact) mass is 319 g/mol. The van der Waals surface area contributed by atoms with Gasteiger partial charge in [0.25, 0.3) is 11.1 Å². The number of thioether (sulfide) groups is 1. The number of hydrogen-bond donors (Lipinski definition) is 1. The van der Waals surface area contributed by atoms with Gasteiger partial charge in [-0.2, -0.15) is 0 Å². The molecule has 1 fully saturated rings. The van der Waals surface area contributed by atoms with Crippen molar-refractivity contribution in [3.63, 3.8) is 0 Å². The predicted octanol–water partition coefficient (Wildman–Crippen LogP) is 2.08. The summed E-state index contributed by atoms with van der Waals surface area (Å²) < 4.78 is 10.1. The summed E-state index contributed by atoms with van der Waals surface area (Å²) in [7, 11) is 2.80. The molecule has 22 heavy (non-hydrogen) atoms. The summed E-state index contributed by atoms with van der Waals surface area (Å²) >= 11 is 0.807. The zero-order valence-corrected chi connectivity index (χ0v) is 12.8. The van der Waals surface area contributed by atoms with E-state index in [1.54, 1.807) is 0 Å². The van der Waals surface area contributed by atoms with Crippen LogP contribution in [0.4, 0.5) is 4.79 Å². The number of hydrogen-bond acceptors (Lipinski definition) is 6. The van der Waals surface area contributed by atoms with E-state index in [1.165, 1.54) is 32.4 Å². The Morgan fingerprint density at radius 1 is 1.32 bits per heavy atom. The number of imide groups is 1. The topological polar surface area (TPSA) is 76.1 Å². The molecule has 1 saturated heterocycles. The van der Waals surface area contributed by atoms with Gasteiger partial charge in [-0.1, -0.05) is 5.92 Å². The van der Waals surface area contributed by atoms with E-state index in [1.807, 2.05) is 0 Å². The highest BCUT2D eigenvalue weighted by Crippen LogP contribution is 2.39. The van der Waals surface area contributed by atoms with E-state index in [0.29, 0.717) is 5.56 Å². The van der Waals surface area contributed by atoms with Crippen LogP contribution in [0.15, 0.2) is 17.0 Å². The van der Waals surface area contributed by atoms with Gasteiger partial charge < -0.3 is 14.6 Å². The molecule has 2 amide bonds. The smallest absolute Gasteiger partial charge is 0.294 e. The van der Waals surface area contributed by atoms with E-state index in [4.69, 9.17) is 15.9 Å². The Morgan fingerprint density at radius 3 is 2.41 bits per heavy atom. The van der Waals surface area contributed by atoms with Crippen molar-refractivity contribution < 1.29 is 24.2 Å². The SMILES string of the molecule is C#CCN1C(=O)S/C(=C/c2cc(OC)c(O)c(OC)c2)C1=O. The molecule has 7 heteroatoms. The lowest BCUT2D eigenvalue weighted by molar-refractivity contribution is -0.122. The molecule has 0 radical (unpaired) electrons. The fourth-order valence-corrected chi connectivity index (χ4v) is 2.71. The van der Waals surface area contributed by atoms with Gasteiger partial charge in [0.15, 0.2) is 11.5 Å². The summed E-state index contributed by atoms with van der Waals surface area (Å²) in [5.74, 6) is 2.09. The van der Waals surface area contributed by atoms with Gasteiger partial charge >= 0.3 is 0 Å². The normalized spacial score (nSPS) is 16.0. The number of phenols is 1. The highest BCUT2D eigenvalue weighted by Gasteiger charge is 2.34. The second-order valence-corrected chi connectivity index (χ2v) is 5.24. The van der Waals surface area contributed by atoms with E-state index in [-0.39, 0.29) is 28.7 Å². The number of rotatable bonds is 4. The summed E-state index contributed by atoms with van der Waals surface area (Å²) in [4.78, 5) is 25.0. The Bertz CT molecular complexity index is 679. The highest BCUT2D eigenvalue weighted by molar-refractivity contribution is 8.18. The van der Waals surface area contributed by atoms with Crippen molar-refractivity contribution in [1.82, 2.24) is 4.90 Å². The largest absolute Gasteiger partial charge is 0.502 e. The van der Waals surface area contributed by atoms with E-state index in [9.17, 15) is 14.7 Å². The van der Waals surface area contributed by atoms with Gasteiger partial charge in [-0.25, -0.2) is 0 Å². The maximum atomic E-state index is 12.1. The first-order valence-electron chi connectivity index (χ1n) is 6.15. The molecule has 0 atom stereocenters. The summed E-state index contributed by atoms with van der Waals surface area (Å²) in [5, 5.41) is 9.44. The average Bonchev–Trinajstić information content (AvgIpc) is 2.76. The maximum absolute atomic E-state index is 12.1. The molecule has 0 bridgehead atoms. The molecule has 1 aliphatic rings. The molecule has 0 spiro atoms. The van der Waals surface area contributed by atoms with E-state index < -0.39 is 11.1 Å². The summed E-state index contributed by atoms with van der Waals surface area (Å²) in [6.07, 6.45) is 6.66. The quantitative estimate of drug-likeness (QED) is 0.676. The minimum atomic E-state index is -0.445. The molecular formula is C15H13NO5S. The van der Waals surface area contributed by atoms with E-state index in [2.05, 4.69) is 5.92 Å². The molecule has 1 aliphatic heterocycles. The van der Waals surface area contributed by atoms with Crippen LogP contribution in [-0.2, 0) is 4.79 Å².